The predicted molar refractivity (Wildman–Crippen MR) is 123 cm³/mol. The van der Waals surface area contributed by atoms with E-state index in [2.05, 4.69) is 32.6 Å². The summed E-state index contributed by atoms with van der Waals surface area (Å²) in [4.78, 5) is 27.1. The number of hydrogen-bond acceptors (Lipinski definition) is 5. The van der Waals surface area contributed by atoms with E-state index in [1.807, 2.05) is 54.6 Å². The van der Waals surface area contributed by atoms with Gasteiger partial charge in [0.15, 0.2) is 0 Å². The molecule has 0 amide bonds. The monoisotopic (exact) mass is 425 g/mol. The van der Waals surface area contributed by atoms with Crippen molar-refractivity contribution >= 4 is 11.9 Å². The Kier molecular flexibility index (Phi) is 8.81. The van der Waals surface area contributed by atoms with Crippen LogP contribution in [-0.4, -0.2) is 42.6 Å². The highest BCUT2D eigenvalue weighted by atomic mass is 16.5. The second kappa shape index (κ2) is 11.1. The molecule has 0 saturated carbocycles. The van der Waals surface area contributed by atoms with E-state index in [-0.39, 0.29) is 18.5 Å². The summed E-state index contributed by atoms with van der Waals surface area (Å²) in [5, 5.41) is 0. The standard InChI is InChI=1S/C26H35NO4/c1-19(2)27(20(3)4)16-15-26(25(29)30-6,23-12-8-7-9-13-23)24-14-10-11-22(17-24)18-31-21(5)28/h7-14,17,19-20H,15-16,18H2,1-6H3. The van der Waals surface area contributed by atoms with Crippen LogP contribution in [0, 0.1) is 0 Å². The Morgan fingerprint density at radius 1 is 0.935 bits per heavy atom. The third-order valence-electron chi connectivity index (χ3n) is 5.73. The molecule has 31 heavy (non-hydrogen) atoms. The van der Waals surface area contributed by atoms with Crippen molar-refractivity contribution in [1.29, 1.82) is 0 Å². The lowest BCUT2D eigenvalue weighted by molar-refractivity contribution is -0.146. The molecule has 5 nitrogen and oxygen atoms in total. The minimum atomic E-state index is -0.968. The van der Waals surface area contributed by atoms with E-state index >= 15 is 0 Å². The molecule has 0 aliphatic heterocycles. The SMILES string of the molecule is COC(=O)C(CCN(C(C)C)C(C)C)(c1ccccc1)c1cccc(COC(C)=O)c1. The van der Waals surface area contributed by atoms with E-state index in [1.165, 1.54) is 14.0 Å². The zero-order chi connectivity index (χ0) is 23.0. The lowest BCUT2D eigenvalue weighted by Gasteiger charge is -2.37. The van der Waals surface area contributed by atoms with Gasteiger partial charge in [0.25, 0.3) is 0 Å². The van der Waals surface area contributed by atoms with E-state index in [1.54, 1.807) is 0 Å². The van der Waals surface area contributed by atoms with Crippen LogP contribution >= 0.6 is 0 Å². The molecule has 5 heteroatoms. The van der Waals surface area contributed by atoms with Gasteiger partial charge in [-0.1, -0.05) is 54.6 Å². The number of benzene rings is 2. The van der Waals surface area contributed by atoms with Crippen molar-refractivity contribution in [1.82, 2.24) is 4.90 Å². The smallest absolute Gasteiger partial charge is 0.320 e. The van der Waals surface area contributed by atoms with Gasteiger partial charge in [-0.15, -0.1) is 0 Å². The quantitative estimate of drug-likeness (QED) is 0.516. The average molecular weight is 426 g/mol. The van der Waals surface area contributed by atoms with Crippen LogP contribution in [0.4, 0.5) is 0 Å². The number of rotatable bonds is 10. The summed E-state index contributed by atoms with van der Waals surface area (Å²) in [5.74, 6) is -0.631. The van der Waals surface area contributed by atoms with E-state index in [0.29, 0.717) is 18.5 Å². The maximum absolute atomic E-state index is 13.4. The zero-order valence-electron chi connectivity index (χ0n) is 19.6. The third kappa shape index (κ3) is 5.95. The number of nitrogens with zero attached hydrogens (tertiary/aromatic N) is 1. The molecule has 0 aromatic heterocycles. The van der Waals surface area contributed by atoms with Gasteiger partial charge in [0, 0.05) is 25.6 Å². The average Bonchev–Trinajstić information content (AvgIpc) is 2.75. The maximum Gasteiger partial charge on any atom is 0.320 e. The summed E-state index contributed by atoms with van der Waals surface area (Å²) in [5.41, 5.74) is 1.59. The van der Waals surface area contributed by atoms with Crippen LogP contribution in [0.2, 0.25) is 0 Å². The Morgan fingerprint density at radius 2 is 1.55 bits per heavy atom. The number of carbonyl (C=O) groups is 2. The van der Waals surface area contributed by atoms with Gasteiger partial charge < -0.3 is 9.47 Å². The van der Waals surface area contributed by atoms with Gasteiger partial charge in [-0.3, -0.25) is 14.5 Å². The first-order valence-electron chi connectivity index (χ1n) is 10.8. The van der Waals surface area contributed by atoms with Crippen molar-refractivity contribution in [2.24, 2.45) is 0 Å². The van der Waals surface area contributed by atoms with Crippen LogP contribution in [0.25, 0.3) is 0 Å². The van der Waals surface area contributed by atoms with Crippen molar-refractivity contribution in [2.45, 2.75) is 65.1 Å². The lowest BCUT2D eigenvalue weighted by Crippen LogP contribution is -2.45. The largest absolute Gasteiger partial charge is 0.468 e. The zero-order valence-corrected chi connectivity index (χ0v) is 19.6. The van der Waals surface area contributed by atoms with Crippen molar-refractivity contribution in [2.75, 3.05) is 13.7 Å². The molecule has 0 N–H and O–H groups in total. The van der Waals surface area contributed by atoms with Crippen LogP contribution in [-0.2, 0) is 31.1 Å². The molecule has 0 aliphatic rings. The van der Waals surface area contributed by atoms with Gasteiger partial charge in [0.1, 0.15) is 12.0 Å². The second-order valence-corrected chi connectivity index (χ2v) is 8.42. The van der Waals surface area contributed by atoms with E-state index in [9.17, 15) is 9.59 Å². The van der Waals surface area contributed by atoms with Crippen molar-refractivity contribution in [3.05, 3.63) is 71.3 Å². The summed E-state index contributed by atoms with van der Waals surface area (Å²) in [6.07, 6.45) is 0.567. The first-order chi connectivity index (χ1) is 14.7. The molecule has 1 atom stereocenters. The van der Waals surface area contributed by atoms with Crippen LogP contribution in [0.15, 0.2) is 54.6 Å². The molecule has 168 valence electrons. The molecule has 1 unspecified atom stereocenters. The molecule has 0 saturated heterocycles. The Bertz CT molecular complexity index is 855. The third-order valence-corrected chi connectivity index (χ3v) is 5.73. The van der Waals surface area contributed by atoms with Gasteiger partial charge in [0.2, 0.25) is 0 Å². The number of methoxy groups -OCH3 is 1. The van der Waals surface area contributed by atoms with E-state index in [4.69, 9.17) is 9.47 Å². The number of esters is 2. The highest BCUT2D eigenvalue weighted by molar-refractivity contribution is 5.87. The summed E-state index contributed by atoms with van der Waals surface area (Å²) in [6.45, 7) is 11.0. The Labute approximate surface area is 186 Å². The summed E-state index contributed by atoms with van der Waals surface area (Å²) >= 11 is 0. The van der Waals surface area contributed by atoms with Crippen LogP contribution < -0.4 is 0 Å². The van der Waals surface area contributed by atoms with Gasteiger partial charge >= 0.3 is 11.9 Å². The Hall–Kier alpha value is -2.66. The minimum absolute atomic E-state index is 0.166. The molecule has 0 spiro atoms. The summed E-state index contributed by atoms with van der Waals surface area (Å²) in [6, 6.07) is 18.2. The molecule has 0 bridgehead atoms. The first kappa shape index (κ1) is 24.6. The second-order valence-electron chi connectivity index (χ2n) is 8.42. The molecule has 0 fully saturated rings. The van der Waals surface area contributed by atoms with Gasteiger partial charge in [-0.25, -0.2) is 0 Å². The van der Waals surface area contributed by atoms with Crippen LogP contribution in [0.3, 0.4) is 0 Å². The highest BCUT2D eigenvalue weighted by Crippen LogP contribution is 2.38. The summed E-state index contributed by atoms with van der Waals surface area (Å²) < 4.78 is 10.6. The number of carbonyl (C=O) groups excluding carboxylic acids is 2. The topological polar surface area (TPSA) is 55.8 Å². The lowest BCUT2D eigenvalue weighted by atomic mass is 9.71. The fourth-order valence-electron chi connectivity index (χ4n) is 4.21. The van der Waals surface area contributed by atoms with Crippen LogP contribution in [0.1, 0.15) is 57.7 Å². The minimum Gasteiger partial charge on any atom is -0.468 e. The fourth-order valence-corrected chi connectivity index (χ4v) is 4.21. The Morgan fingerprint density at radius 3 is 2.10 bits per heavy atom. The first-order valence-corrected chi connectivity index (χ1v) is 10.8. The predicted octanol–water partition coefficient (Wildman–Crippen LogP) is 4.72. The molecule has 0 radical (unpaired) electrons. The highest BCUT2D eigenvalue weighted by Gasteiger charge is 2.43. The molecular weight excluding hydrogens is 390 g/mol. The van der Waals surface area contributed by atoms with Gasteiger partial charge in [-0.05, 0) is 50.8 Å². The van der Waals surface area contributed by atoms with E-state index in [0.717, 1.165) is 23.2 Å². The maximum atomic E-state index is 13.4. The van der Waals surface area contributed by atoms with Crippen molar-refractivity contribution in [3.8, 4) is 0 Å². The number of hydrogen-bond donors (Lipinski definition) is 0. The molecule has 0 heterocycles. The molecule has 0 aliphatic carbocycles. The van der Waals surface area contributed by atoms with E-state index < -0.39 is 5.41 Å². The molecule has 2 aromatic carbocycles. The molecule has 2 aromatic rings. The normalized spacial score (nSPS) is 13.3. The van der Waals surface area contributed by atoms with Crippen molar-refractivity contribution in [3.63, 3.8) is 0 Å². The van der Waals surface area contributed by atoms with Gasteiger partial charge in [-0.2, -0.15) is 0 Å². The number of ether oxygens (including phenoxy) is 2. The Balaban J connectivity index is 2.59. The molecule has 2 rings (SSSR count). The summed E-state index contributed by atoms with van der Waals surface area (Å²) in [7, 11) is 1.44. The van der Waals surface area contributed by atoms with Gasteiger partial charge in [0.05, 0.1) is 7.11 Å². The van der Waals surface area contributed by atoms with Crippen LogP contribution in [0.5, 0.6) is 0 Å². The molecular formula is C26H35NO4. The fraction of sp³-hybridized carbons (Fsp3) is 0.462. The van der Waals surface area contributed by atoms with Crippen molar-refractivity contribution < 1.29 is 19.1 Å².